The van der Waals surface area contributed by atoms with E-state index in [9.17, 15) is 0 Å². The van der Waals surface area contributed by atoms with Crippen molar-refractivity contribution in [2.24, 2.45) is 11.8 Å². The molecule has 1 saturated carbocycles. The van der Waals surface area contributed by atoms with E-state index in [1.807, 2.05) is 0 Å². The monoisotopic (exact) mass is 265 g/mol. The number of nitrogens with zero attached hydrogens (tertiary/aromatic N) is 2. The van der Waals surface area contributed by atoms with Crippen molar-refractivity contribution in [3.63, 3.8) is 0 Å². The molecule has 0 spiro atoms. The fourth-order valence-electron chi connectivity index (χ4n) is 2.16. The summed E-state index contributed by atoms with van der Waals surface area (Å²) < 4.78 is 5.64. The topological polar surface area (TPSA) is 41.3 Å². The van der Waals surface area contributed by atoms with E-state index >= 15 is 0 Å². The van der Waals surface area contributed by atoms with Crippen molar-refractivity contribution >= 4 is 6.01 Å². The van der Waals surface area contributed by atoms with Gasteiger partial charge in [-0.1, -0.05) is 20.8 Å². The van der Waals surface area contributed by atoms with Gasteiger partial charge in [0, 0.05) is 19.6 Å². The zero-order valence-electron chi connectivity index (χ0n) is 12.5. The maximum atomic E-state index is 5.64. The van der Waals surface area contributed by atoms with E-state index in [2.05, 4.69) is 36.0 Å². The summed E-state index contributed by atoms with van der Waals surface area (Å²) in [7, 11) is 0. The highest BCUT2D eigenvalue weighted by Gasteiger charge is 2.25. The van der Waals surface area contributed by atoms with Crippen LogP contribution in [0.4, 0.5) is 6.01 Å². The Kier molecular flexibility index (Phi) is 5.25. The van der Waals surface area contributed by atoms with Gasteiger partial charge in [-0.2, -0.15) is 4.98 Å². The average Bonchev–Trinajstić information content (AvgIpc) is 3.05. The summed E-state index contributed by atoms with van der Waals surface area (Å²) in [5, 5.41) is 3.40. The van der Waals surface area contributed by atoms with Crippen molar-refractivity contribution in [3.8, 4) is 0 Å². The fourth-order valence-corrected chi connectivity index (χ4v) is 2.16. The van der Waals surface area contributed by atoms with Crippen molar-refractivity contribution in [2.75, 3.05) is 24.5 Å². The van der Waals surface area contributed by atoms with E-state index < -0.39 is 0 Å². The number of anilines is 1. The SMILES string of the molecule is CCCN(CC1CC1)c1nc(CNCC(C)C)co1. The molecule has 1 aliphatic rings. The summed E-state index contributed by atoms with van der Waals surface area (Å²) >= 11 is 0. The number of hydrogen-bond donors (Lipinski definition) is 1. The minimum Gasteiger partial charge on any atom is -0.432 e. The van der Waals surface area contributed by atoms with Crippen LogP contribution in [0.2, 0.25) is 0 Å². The van der Waals surface area contributed by atoms with Gasteiger partial charge in [-0.3, -0.25) is 0 Å². The first-order valence-corrected chi connectivity index (χ1v) is 7.59. The molecule has 0 amide bonds. The lowest BCUT2D eigenvalue weighted by Crippen LogP contribution is -2.27. The van der Waals surface area contributed by atoms with Crippen molar-refractivity contribution < 1.29 is 4.42 Å². The van der Waals surface area contributed by atoms with Crippen molar-refractivity contribution in [1.29, 1.82) is 0 Å². The Morgan fingerprint density at radius 3 is 2.89 bits per heavy atom. The minimum atomic E-state index is 0.665. The van der Waals surface area contributed by atoms with E-state index in [4.69, 9.17) is 4.42 Å². The molecule has 1 fully saturated rings. The molecule has 0 saturated heterocycles. The van der Waals surface area contributed by atoms with E-state index in [-0.39, 0.29) is 0 Å². The number of rotatable bonds is 9. The van der Waals surface area contributed by atoms with Crippen LogP contribution >= 0.6 is 0 Å². The van der Waals surface area contributed by atoms with Gasteiger partial charge in [-0.25, -0.2) is 0 Å². The molecule has 1 aliphatic carbocycles. The first-order valence-electron chi connectivity index (χ1n) is 7.59. The van der Waals surface area contributed by atoms with Crippen LogP contribution in [0.25, 0.3) is 0 Å². The van der Waals surface area contributed by atoms with Gasteiger partial charge in [0.25, 0.3) is 6.01 Å². The van der Waals surface area contributed by atoms with Crippen molar-refractivity contribution in [1.82, 2.24) is 10.3 Å². The average molecular weight is 265 g/mol. The molecule has 1 N–H and O–H groups in total. The van der Waals surface area contributed by atoms with Gasteiger partial charge in [0.1, 0.15) is 6.26 Å². The molecule has 1 aromatic rings. The second-order valence-electron chi connectivity index (χ2n) is 6.04. The van der Waals surface area contributed by atoms with Gasteiger partial charge >= 0.3 is 0 Å². The standard InChI is InChI=1S/C15H27N3O/c1-4-7-18(10-13-5-6-13)15-17-14(11-19-15)9-16-8-12(2)3/h11-13,16H,4-10H2,1-3H3. The number of hydrogen-bond acceptors (Lipinski definition) is 4. The summed E-state index contributed by atoms with van der Waals surface area (Å²) in [5.41, 5.74) is 1.01. The van der Waals surface area contributed by atoms with Gasteiger partial charge in [0.2, 0.25) is 0 Å². The third-order valence-electron chi connectivity index (χ3n) is 3.34. The Bertz CT molecular complexity index is 371. The normalized spacial score (nSPS) is 15.2. The van der Waals surface area contributed by atoms with Crippen LogP contribution in [0.5, 0.6) is 0 Å². The smallest absolute Gasteiger partial charge is 0.297 e. The Hall–Kier alpha value is -1.03. The summed E-state index contributed by atoms with van der Waals surface area (Å²) in [4.78, 5) is 6.90. The minimum absolute atomic E-state index is 0.665. The van der Waals surface area contributed by atoms with Gasteiger partial charge in [-0.15, -0.1) is 0 Å². The molecule has 0 radical (unpaired) electrons. The molecule has 1 aromatic heterocycles. The number of aromatic nitrogens is 1. The molecule has 0 aromatic carbocycles. The predicted molar refractivity (Wildman–Crippen MR) is 78.3 cm³/mol. The highest BCUT2D eigenvalue weighted by Crippen LogP contribution is 2.31. The number of oxazole rings is 1. The molecule has 0 atom stereocenters. The lowest BCUT2D eigenvalue weighted by Gasteiger charge is -2.19. The largest absolute Gasteiger partial charge is 0.432 e. The molecular formula is C15H27N3O. The van der Waals surface area contributed by atoms with Crippen molar-refractivity contribution in [2.45, 2.75) is 46.6 Å². The van der Waals surface area contributed by atoms with Gasteiger partial charge in [0.05, 0.1) is 5.69 Å². The van der Waals surface area contributed by atoms with Crippen molar-refractivity contribution in [3.05, 3.63) is 12.0 Å². The Labute approximate surface area is 116 Å². The molecule has 4 heteroatoms. The van der Waals surface area contributed by atoms with Crippen LogP contribution in [0.1, 0.15) is 45.7 Å². The van der Waals surface area contributed by atoms with Crippen LogP contribution in [-0.4, -0.2) is 24.6 Å². The number of nitrogens with one attached hydrogen (secondary N) is 1. The summed E-state index contributed by atoms with van der Waals surface area (Å²) in [6.45, 7) is 10.6. The van der Waals surface area contributed by atoms with Crippen LogP contribution in [0.3, 0.4) is 0 Å². The molecule has 1 heterocycles. The maximum Gasteiger partial charge on any atom is 0.297 e. The van der Waals surface area contributed by atoms with E-state index in [0.717, 1.165) is 50.2 Å². The lowest BCUT2D eigenvalue weighted by atomic mass is 10.2. The van der Waals surface area contributed by atoms with Crippen LogP contribution in [-0.2, 0) is 6.54 Å². The summed E-state index contributed by atoms with van der Waals surface area (Å²) in [6.07, 6.45) is 5.65. The summed E-state index contributed by atoms with van der Waals surface area (Å²) in [5.74, 6) is 1.53. The Morgan fingerprint density at radius 1 is 1.47 bits per heavy atom. The maximum absolute atomic E-state index is 5.64. The molecule has 108 valence electrons. The first kappa shape index (κ1) is 14.4. The van der Waals surface area contributed by atoms with Gasteiger partial charge in [-0.05, 0) is 37.6 Å². The highest BCUT2D eigenvalue weighted by molar-refractivity contribution is 5.27. The predicted octanol–water partition coefficient (Wildman–Crippen LogP) is 3.05. The third kappa shape index (κ3) is 4.86. The van der Waals surface area contributed by atoms with E-state index in [1.165, 1.54) is 12.8 Å². The van der Waals surface area contributed by atoms with Crippen LogP contribution < -0.4 is 10.2 Å². The molecule has 19 heavy (non-hydrogen) atoms. The lowest BCUT2D eigenvalue weighted by molar-refractivity contribution is 0.520. The second-order valence-corrected chi connectivity index (χ2v) is 6.04. The second kappa shape index (κ2) is 6.94. The summed E-state index contributed by atoms with van der Waals surface area (Å²) in [6, 6.07) is 0.801. The quantitative estimate of drug-likeness (QED) is 0.745. The van der Waals surface area contributed by atoms with Gasteiger partial charge < -0.3 is 14.6 Å². The molecule has 0 aliphatic heterocycles. The Morgan fingerprint density at radius 2 is 2.26 bits per heavy atom. The molecule has 0 unspecified atom stereocenters. The van der Waals surface area contributed by atoms with Crippen LogP contribution in [0, 0.1) is 11.8 Å². The van der Waals surface area contributed by atoms with E-state index in [1.54, 1.807) is 6.26 Å². The Balaban J connectivity index is 1.85. The highest BCUT2D eigenvalue weighted by atomic mass is 16.4. The first-order chi connectivity index (χ1) is 9.19. The zero-order chi connectivity index (χ0) is 13.7. The zero-order valence-corrected chi connectivity index (χ0v) is 12.5. The molecule has 2 rings (SSSR count). The molecular weight excluding hydrogens is 238 g/mol. The van der Waals surface area contributed by atoms with Gasteiger partial charge in [0.15, 0.2) is 0 Å². The third-order valence-corrected chi connectivity index (χ3v) is 3.34. The molecule has 4 nitrogen and oxygen atoms in total. The fraction of sp³-hybridized carbons (Fsp3) is 0.800. The van der Waals surface area contributed by atoms with E-state index in [0.29, 0.717) is 5.92 Å². The van der Waals surface area contributed by atoms with Crippen LogP contribution in [0.15, 0.2) is 10.7 Å². The molecule has 0 bridgehead atoms.